The Kier molecular flexibility index (Phi) is 3.33. The number of nitrogens with zero attached hydrogens (tertiary/aromatic N) is 3. The van der Waals surface area contributed by atoms with Crippen LogP contribution in [0.25, 0.3) is 11.0 Å². The summed E-state index contributed by atoms with van der Waals surface area (Å²) in [5.74, 6) is -0.693. The van der Waals surface area contributed by atoms with E-state index in [4.69, 9.17) is 11.6 Å². The highest BCUT2D eigenvalue weighted by molar-refractivity contribution is 6.35. The van der Waals surface area contributed by atoms with E-state index in [9.17, 15) is 9.18 Å². The van der Waals surface area contributed by atoms with Crippen LogP contribution in [0.2, 0.25) is 5.02 Å². The monoisotopic (exact) mass is 272 g/mol. The van der Waals surface area contributed by atoms with Crippen molar-refractivity contribution in [2.24, 2.45) is 7.05 Å². The fourth-order valence-electron chi connectivity index (χ4n) is 1.55. The molecule has 2 aromatic rings. The van der Waals surface area contributed by atoms with Gasteiger partial charge in [-0.05, 0) is 13.0 Å². The molecule has 0 radical (unpaired) electrons. The molecule has 8 heteroatoms. The summed E-state index contributed by atoms with van der Waals surface area (Å²) in [5, 5.41) is 9.96. The van der Waals surface area contributed by atoms with Gasteiger partial charge in [-0.2, -0.15) is 0 Å². The van der Waals surface area contributed by atoms with Crippen LogP contribution in [0.4, 0.5) is 14.9 Å². The van der Waals surface area contributed by atoms with Crippen molar-refractivity contribution in [1.29, 1.82) is 0 Å². The second-order valence-electron chi connectivity index (χ2n) is 3.47. The van der Waals surface area contributed by atoms with E-state index < -0.39 is 11.9 Å². The second-order valence-corrected chi connectivity index (χ2v) is 3.88. The van der Waals surface area contributed by atoms with Crippen LogP contribution >= 0.6 is 11.6 Å². The first kappa shape index (κ1) is 12.6. The zero-order valence-corrected chi connectivity index (χ0v) is 10.5. The van der Waals surface area contributed by atoms with Crippen LogP contribution in [0.3, 0.4) is 0 Å². The largest absolute Gasteiger partial charge is 0.450 e. The maximum Gasteiger partial charge on any atom is 0.411 e. The summed E-state index contributed by atoms with van der Waals surface area (Å²) in [5.41, 5.74) is 0.515. The second kappa shape index (κ2) is 4.77. The van der Waals surface area contributed by atoms with Crippen molar-refractivity contribution < 1.29 is 13.9 Å². The lowest BCUT2D eigenvalue weighted by Gasteiger charge is -2.07. The minimum Gasteiger partial charge on any atom is -0.450 e. The number of halogens is 2. The van der Waals surface area contributed by atoms with Gasteiger partial charge in [0.25, 0.3) is 0 Å². The molecule has 1 amide bonds. The number of hydrogen-bond acceptors (Lipinski definition) is 4. The summed E-state index contributed by atoms with van der Waals surface area (Å²) in [7, 11) is 1.62. The highest BCUT2D eigenvalue weighted by Gasteiger charge is 2.18. The lowest BCUT2D eigenvalue weighted by molar-refractivity contribution is 0.168. The Morgan fingerprint density at radius 3 is 3.06 bits per heavy atom. The molecule has 18 heavy (non-hydrogen) atoms. The maximum absolute atomic E-state index is 13.8. The first-order valence-corrected chi connectivity index (χ1v) is 5.53. The molecule has 0 saturated heterocycles. The summed E-state index contributed by atoms with van der Waals surface area (Å²) in [6.45, 7) is 1.83. The number of carbonyl (C=O) groups is 1. The Labute approximate surface area is 107 Å². The Morgan fingerprint density at radius 1 is 1.67 bits per heavy atom. The SMILES string of the molecule is CCOC(=O)Nc1c(F)cc(Cl)c2c1nnn2C. The molecule has 0 saturated carbocycles. The molecule has 0 unspecified atom stereocenters. The molecule has 0 aliphatic heterocycles. The molecule has 96 valence electrons. The van der Waals surface area contributed by atoms with E-state index in [-0.39, 0.29) is 22.8 Å². The fourth-order valence-corrected chi connectivity index (χ4v) is 1.85. The molecule has 6 nitrogen and oxygen atoms in total. The predicted molar refractivity (Wildman–Crippen MR) is 64.1 cm³/mol. The maximum atomic E-state index is 13.8. The van der Waals surface area contributed by atoms with Crippen LogP contribution in [-0.2, 0) is 11.8 Å². The summed E-state index contributed by atoms with van der Waals surface area (Å²) in [4.78, 5) is 11.3. The van der Waals surface area contributed by atoms with Crippen molar-refractivity contribution in [3.63, 3.8) is 0 Å². The molecule has 1 aromatic heterocycles. The number of amides is 1. The number of rotatable bonds is 2. The minimum absolute atomic E-state index is 0.0963. The molecule has 0 bridgehead atoms. The first-order valence-electron chi connectivity index (χ1n) is 5.15. The van der Waals surface area contributed by atoms with Gasteiger partial charge in [0.1, 0.15) is 16.7 Å². The van der Waals surface area contributed by atoms with Crippen LogP contribution < -0.4 is 5.32 Å². The van der Waals surface area contributed by atoms with Crippen molar-refractivity contribution in [3.05, 3.63) is 16.9 Å². The van der Waals surface area contributed by atoms with Crippen molar-refractivity contribution in [3.8, 4) is 0 Å². The van der Waals surface area contributed by atoms with Gasteiger partial charge in [-0.3, -0.25) is 5.32 Å². The van der Waals surface area contributed by atoms with Crippen LogP contribution in [-0.4, -0.2) is 27.7 Å². The quantitative estimate of drug-likeness (QED) is 0.911. The van der Waals surface area contributed by atoms with Gasteiger partial charge in [0.05, 0.1) is 11.6 Å². The molecule has 1 N–H and O–H groups in total. The molecule has 1 heterocycles. The van der Waals surface area contributed by atoms with Crippen molar-refractivity contribution in [2.75, 3.05) is 11.9 Å². The predicted octanol–water partition coefficient (Wildman–Crippen LogP) is 2.33. The molecule has 0 fully saturated rings. The van der Waals surface area contributed by atoms with Crippen LogP contribution in [0.15, 0.2) is 6.07 Å². The standard InChI is InChI=1S/C10H10ClFN4O2/c1-3-18-10(17)13-7-6(12)4-5(11)9-8(7)14-15-16(9)2/h4H,3H2,1-2H3,(H,13,17). The van der Waals surface area contributed by atoms with Gasteiger partial charge in [-0.15, -0.1) is 5.10 Å². The lowest BCUT2D eigenvalue weighted by atomic mass is 10.2. The van der Waals surface area contributed by atoms with E-state index in [1.165, 1.54) is 4.68 Å². The van der Waals surface area contributed by atoms with E-state index in [0.29, 0.717) is 5.52 Å². The summed E-state index contributed by atoms with van der Waals surface area (Å²) < 4.78 is 19.8. The third kappa shape index (κ3) is 2.08. The average molecular weight is 273 g/mol. The molecule has 0 atom stereocenters. The molecule has 0 aliphatic carbocycles. The van der Waals surface area contributed by atoms with Gasteiger partial charge in [0, 0.05) is 7.05 Å². The summed E-state index contributed by atoms with van der Waals surface area (Å²) in [6, 6.07) is 1.09. The normalized spacial score (nSPS) is 10.7. The van der Waals surface area contributed by atoms with Crippen LogP contribution in [0.1, 0.15) is 6.92 Å². The van der Waals surface area contributed by atoms with Crippen molar-refractivity contribution in [1.82, 2.24) is 15.0 Å². The number of aromatic nitrogens is 3. The van der Waals surface area contributed by atoms with Gasteiger partial charge in [-0.25, -0.2) is 13.9 Å². The van der Waals surface area contributed by atoms with E-state index in [1.807, 2.05) is 0 Å². The van der Waals surface area contributed by atoms with Gasteiger partial charge in [0.15, 0.2) is 5.82 Å². The molecule has 2 rings (SSSR count). The zero-order chi connectivity index (χ0) is 13.3. The molecular formula is C10H10ClFN4O2. The number of ether oxygens (including phenoxy) is 1. The lowest BCUT2D eigenvalue weighted by Crippen LogP contribution is -2.14. The first-order chi connectivity index (χ1) is 8.54. The van der Waals surface area contributed by atoms with Gasteiger partial charge < -0.3 is 4.74 Å². The van der Waals surface area contributed by atoms with Crippen molar-refractivity contribution in [2.45, 2.75) is 6.92 Å². The number of anilines is 1. The van der Waals surface area contributed by atoms with Crippen molar-refractivity contribution >= 4 is 34.4 Å². The topological polar surface area (TPSA) is 69.0 Å². The third-order valence-corrected chi connectivity index (χ3v) is 2.57. The Hall–Kier alpha value is -1.89. The average Bonchev–Trinajstić information content (AvgIpc) is 2.67. The number of fused-ring (bicyclic) bond motifs is 1. The van der Waals surface area contributed by atoms with E-state index in [1.54, 1.807) is 14.0 Å². The smallest absolute Gasteiger partial charge is 0.411 e. The van der Waals surface area contributed by atoms with Crippen LogP contribution in [0, 0.1) is 5.82 Å². The number of benzene rings is 1. The molecule has 0 aliphatic rings. The van der Waals surface area contributed by atoms with Gasteiger partial charge in [-0.1, -0.05) is 16.8 Å². The molecule has 1 aromatic carbocycles. The van der Waals surface area contributed by atoms with Gasteiger partial charge >= 0.3 is 6.09 Å². The number of nitrogens with one attached hydrogen (secondary N) is 1. The number of aryl methyl sites for hydroxylation is 1. The summed E-state index contributed by atoms with van der Waals surface area (Å²) >= 11 is 5.89. The highest BCUT2D eigenvalue weighted by Crippen LogP contribution is 2.30. The number of hydrogen-bond donors (Lipinski definition) is 1. The Balaban J connectivity index is 2.53. The zero-order valence-electron chi connectivity index (χ0n) is 9.70. The van der Waals surface area contributed by atoms with E-state index >= 15 is 0 Å². The Morgan fingerprint density at radius 2 is 2.39 bits per heavy atom. The van der Waals surface area contributed by atoms with Crippen LogP contribution in [0.5, 0.6) is 0 Å². The van der Waals surface area contributed by atoms with E-state index in [2.05, 4.69) is 20.4 Å². The summed E-state index contributed by atoms with van der Waals surface area (Å²) in [6.07, 6.45) is -0.759. The van der Waals surface area contributed by atoms with E-state index in [0.717, 1.165) is 6.07 Å². The Bertz CT molecular complexity index is 613. The number of carbonyl (C=O) groups excluding carboxylic acids is 1. The minimum atomic E-state index is -0.759. The molecular weight excluding hydrogens is 263 g/mol. The highest BCUT2D eigenvalue weighted by atomic mass is 35.5. The fraction of sp³-hybridized carbons (Fsp3) is 0.300. The third-order valence-electron chi connectivity index (χ3n) is 2.28. The molecule has 0 spiro atoms. The van der Waals surface area contributed by atoms with Gasteiger partial charge in [0.2, 0.25) is 0 Å².